The molecule has 0 bridgehead atoms. The Morgan fingerprint density at radius 2 is 1.79 bits per heavy atom. The second-order valence-corrected chi connectivity index (χ2v) is 5.96. The van der Waals surface area contributed by atoms with E-state index in [9.17, 15) is 14.4 Å². The Morgan fingerprint density at radius 3 is 2.42 bits per heavy atom. The molecule has 0 radical (unpaired) electrons. The summed E-state index contributed by atoms with van der Waals surface area (Å²) in [5, 5.41) is 11.8. The number of carbonyl (C=O) groups excluding carboxylic acids is 2. The van der Waals surface area contributed by atoms with Gasteiger partial charge in [-0.3, -0.25) is 9.59 Å². The van der Waals surface area contributed by atoms with Crippen LogP contribution in [0.1, 0.15) is 23.2 Å². The Balaban J connectivity index is 1.77. The lowest BCUT2D eigenvalue weighted by atomic mass is 10.2. The lowest BCUT2D eigenvalue weighted by Gasteiger charge is -2.34. The Labute approximate surface area is 145 Å². The van der Waals surface area contributed by atoms with E-state index in [0.29, 0.717) is 49.7 Å². The Hall–Kier alpha value is -2.28. The highest BCUT2D eigenvalue weighted by Gasteiger charge is 2.24. The smallest absolute Gasteiger partial charge is 0.317 e. The van der Waals surface area contributed by atoms with Gasteiger partial charge in [0.25, 0.3) is 5.91 Å². The van der Waals surface area contributed by atoms with Crippen LogP contribution in [0.25, 0.3) is 0 Å². The first-order valence-corrected chi connectivity index (χ1v) is 8.14. The normalized spacial score (nSPS) is 14.4. The second kappa shape index (κ2) is 8.54. The van der Waals surface area contributed by atoms with Crippen molar-refractivity contribution in [3.8, 4) is 0 Å². The van der Waals surface area contributed by atoms with Crippen molar-refractivity contribution in [3.05, 3.63) is 34.9 Å². The van der Waals surface area contributed by atoms with Crippen LogP contribution < -0.4 is 5.32 Å². The fraction of sp³-hybridized carbons (Fsp3) is 0.438. The quantitative estimate of drug-likeness (QED) is 0.788. The molecular weight excluding hydrogens is 334 g/mol. The lowest BCUT2D eigenvalue weighted by molar-refractivity contribution is -0.137. The third-order valence-electron chi connectivity index (χ3n) is 3.77. The van der Waals surface area contributed by atoms with Crippen molar-refractivity contribution < 1.29 is 19.5 Å². The number of hydrogen-bond donors (Lipinski definition) is 2. The molecule has 2 rings (SSSR count). The number of piperazine rings is 1. The van der Waals surface area contributed by atoms with Crippen molar-refractivity contribution >= 4 is 29.5 Å². The van der Waals surface area contributed by atoms with Crippen molar-refractivity contribution in [2.45, 2.75) is 12.8 Å². The van der Waals surface area contributed by atoms with E-state index in [4.69, 9.17) is 16.7 Å². The molecule has 7 nitrogen and oxygen atoms in total. The van der Waals surface area contributed by atoms with Gasteiger partial charge in [0.15, 0.2) is 0 Å². The largest absolute Gasteiger partial charge is 0.481 e. The van der Waals surface area contributed by atoms with E-state index in [2.05, 4.69) is 5.32 Å². The average Bonchev–Trinajstić information content (AvgIpc) is 2.58. The summed E-state index contributed by atoms with van der Waals surface area (Å²) >= 11 is 5.90. The zero-order chi connectivity index (χ0) is 17.5. The van der Waals surface area contributed by atoms with E-state index in [1.54, 1.807) is 34.1 Å². The number of nitrogens with zero attached hydrogens (tertiary/aromatic N) is 2. The van der Waals surface area contributed by atoms with Crippen LogP contribution in [-0.2, 0) is 4.79 Å². The van der Waals surface area contributed by atoms with Gasteiger partial charge >= 0.3 is 12.0 Å². The van der Waals surface area contributed by atoms with E-state index in [0.717, 1.165) is 0 Å². The molecular formula is C16H20ClN3O4. The van der Waals surface area contributed by atoms with Crippen LogP contribution in [0.4, 0.5) is 4.79 Å². The molecule has 1 aliphatic heterocycles. The molecule has 3 amide bonds. The molecule has 1 aliphatic rings. The molecule has 24 heavy (non-hydrogen) atoms. The van der Waals surface area contributed by atoms with E-state index < -0.39 is 5.97 Å². The van der Waals surface area contributed by atoms with Crippen LogP contribution in [0.3, 0.4) is 0 Å². The van der Waals surface area contributed by atoms with Gasteiger partial charge in [-0.05, 0) is 24.6 Å². The molecule has 0 atom stereocenters. The Bertz CT molecular complexity index is 615. The molecule has 0 spiro atoms. The summed E-state index contributed by atoms with van der Waals surface area (Å²) in [4.78, 5) is 38.1. The van der Waals surface area contributed by atoms with E-state index in [-0.39, 0.29) is 18.4 Å². The fourth-order valence-corrected chi connectivity index (χ4v) is 2.65. The number of amides is 3. The van der Waals surface area contributed by atoms with E-state index in [1.807, 2.05) is 0 Å². The Kier molecular flexibility index (Phi) is 6.43. The van der Waals surface area contributed by atoms with Gasteiger partial charge in [0.1, 0.15) is 0 Å². The van der Waals surface area contributed by atoms with Gasteiger partial charge in [0.05, 0.1) is 0 Å². The molecule has 0 aromatic heterocycles. The predicted octanol–water partition coefficient (Wildman–Crippen LogP) is 1.67. The standard InChI is InChI=1S/C16H20ClN3O4/c17-13-4-1-3-12(11-13)15(23)19-7-9-20(10-8-19)16(24)18-6-2-5-14(21)22/h1,3-4,11H,2,5-10H2,(H,18,24)(H,21,22). The molecule has 0 unspecified atom stereocenters. The number of aliphatic carboxylic acids is 1. The van der Waals surface area contributed by atoms with Crippen LogP contribution in [0, 0.1) is 0 Å². The van der Waals surface area contributed by atoms with Crippen LogP contribution in [0.15, 0.2) is 24.3 Å². The van der Waals surface area contributed by atoms with Gasteiger partial charge in [0, 0.05) is 49.7 Å². The second-order valence-electron chi connectivity index (χ2n) is 5.52. The summed E-state index contributed by atoms with van der Waals surface area (Å²) in [6.45, 7) is 2.11. The summed E-state index contributed by atoms with van der Waals surface area (Å²) in [6, 6.07) is 6.57. The minimum atomic E-state index is -0.877. The maximum Gasteiger partial charge on any atom is 0.317 e. The minimum absolute atomic E-state index is 0.0300. The van der Waals surface area contributed by atoms with Gasteiger partial charge < -0.3 is 20.2 Å². The third-order valence-corrected chi connectivity index (χ3v) is 4.00. The van der Waals surface area contributed by atoms with Gasteiger partial charge in [-0.15, -0.1) is 0 Å². The fourth-order valence-electron chi connectivity index (χ4n) is 2.46. The molecule has 130 valence electrons. The number of halogens is 1. The van der Waals surface area contributed by atoms with E-state index in [1.165, 1.54) is 0 Å². The predicted molar refractivity (Wildman–Crippen MR) is 89.2 cm³/mol. The van der Waals surface area contributed by atoms with Crippen LogP contribution in [0.2, 0.25) is 5.02 Å². The highest BCUT2D eigenvalue weighted by molar-refractivity contribution is 6.30. The molecule has 1 heterocycles. The zero-order valence-electron chi connectivity index (χ0n) is 13.2. The summed E-state index contributed by atoms with van der Waals surface area (Å²) in [7, 11) is 0. The first-order chi connectivity index (χ1) is 11.5. The number of nitrogens with one attached hydrogen (secondary N) is 1. The molecule has 1 aromatic carbocycles. The lowest BCUT2D eigenvalue weighted by Crippen LogP contribution is -2.53. The van der Waals surface area contributed by atoms with Crippen molar-refractivity contribution in [2.24, 2.45) is 0 Å². The maximum absolute atomic E-state index is 12.4. The van der Waals surface area contributed by atoms with Crippen molar-refractivity contribution in [2.75, 3.05) is 32.7 Å². The van der Waals surface area contributed by atoms with Crippen molar-refractivity contribution in [1.29, 1.82) is 0 Å². The number of hydrogen-bond acceptors (Lipinski definition) is 3. The number of carboxylic acids is 1. The molecule has 1 aromatic rings. The van der Waals surface area contributed by atoms with Crippen molar-refractivity contribution in [1.82, 2.24) is 15.1 Å². The van der Waals surface area contributed by atoms with Crippen molar-refractivity contribution in [3.63, 3.8) is 0 Å². The Morgan fingerprint density at radius 1 is 1.12 bits per heavy atom. The molecule has 0 saturated carbocycles. The SMILES string of the molecule is O=C(O)CCCNC(=O)N1CCN(C(=O)c2cccc(Cl)c2)CC1. The maximum atomic E-state index is 12.4. The summed E-state index contributed by atoms with van der Waals surface area (Å²) in [5.41, 5.74) is 0.536. The topological polar surface area (TPSA) is 89.9 Å². The molecule has 1 saturated heterocycles. The first-order valence-electron chi connectivity index (χ1n) is 7.77. The van der Waals surface area contributed by atoms with Gasteiger partial charge in [-0.25, -0.2) is 4.79 Å². The number of urea groups is 1. The summed E-state index contributed by atoms with van der Waals surface area (Å²) in [6.07, 6.45) is 0.427. The average molecular weight is 354 g/mol. The molecule has 2 N–H and O–H groups in total. The monoisotopic (exact) mass is 353 g/mol. The number of carbonyl (C=O) groups is 3. The summed E-state index contributed by atoms with van der Waals surface area (Å²) < 4.78 is 0. The highest BCUT2D eigenvalue weighted by Crippen LogP contribution is 2.14. The third kappa shape index (κ3) is 5.13. The molecule has 0 aliphatic carbocycles. The number of benzene rings is 1. The number of carboxylic acid groups (broad SMARTS) is 1. The minimum Gasteiger partial charge on any atom is -0.481 e. The zero-order valence-corrected chi connectivity index (χ0v) is 14.0. The van der Waals surface area contributed by atoms with Crippen LogP contribution in [0.5, 0.6) is 0 Å². The van der Waals surface area contributed by atoms with Crippen LogP contribution >= 0.6 is 11.6 Å². The van der Waals surface area contributed by atoms with Gasteiger partial charge in [0.2, 0.25) is 0 Å². The summed E-state index contributed by atoms with van der Waals surface area (Å²) in [5.74, 6) is -0.976. The number of rotatable bonds is 5. The first kappa shape index (κ1) is 18.1. The van der Waals surface area contributed by atoms with Gasteiger partial charge in [-0.2, -0.15) is 0 Å². The highest BCUT2D eigenvalue weighted by atomic mass is 35.5. The van der Waals surface area contributed by atoms with E-state index >= 15 is 0 Å². The molecule has 1 fully saturated rings. The van der Waals surface area contributed by atoms with Crippen LogP contribution in [-0.4, -0.2) is 65.5 Å². The van der Waals surface area contributed by atoms with Gasteiger partial charge in [-0.1, -0.05) is 17.7 Å². The molecule has 8 heteroatoms.